The summed E-state index contributed by atoms with van der Waals surface area (Å²) in [6.07, 6.45) is 1.58. The second-order valence-corrected chi connectivity index (χ2v) is 6.80. The third-order valence-corrected chi connectivity index (χ3v) is 4.50. The average molecular weight is 382 g/mol. The average Bonchev–Trinajstić information content (AvgIpc) is 3.30. The van der Waals surface area contributed by atoms with E-state index in [9.17, 15) is 10.1 Å². The summed E-state index contributed by atoms with van der Waals surface area (Å²) in [5.74, 6) is 0.643. The maximum atomic E-state index is 11.1. The van der Waals surface area contributed by atoms with Gasteiger partial charge in [-0.3, -0.25) is 15.1 Å². The fourth-order valence-electron chi connectivity index (χ4n) is 2.37. The van der Waals surface area contributed by atoms with E-state index in [1.165, 1.54) is 23.5 Å². The van der Waals surface area contributed by atoms with Crippen LogP contribution in [0.15, 0.2) is 74.7 Å². The van der Waals surface area contributed by atoms with Gasteiger partial charge in [-0.15, -0.1) is 11.3 Å². The first-order valence-corrected chi connectivity index (χ1v) is 9.03. The van der Waals surface area contributed by atoms with E-state index >= 15 is 0 Å². The summed E-state index contributed by atoms with van der Waals surface area (Å²) in [4.78, 5) is 15.9. The zero-order chi connectivity index (χ0) is 19.4. The SMILES string of the molecule is C=C(C)CN=c1scc(-c2cccc([N+](=O)[O-])c2)n1N=C(C)c1ccco1. The van der Waals surface area contributed by atoms with Gasteiger partial charge in [-0.05, 0) is 26.0 Å². The number of hydrogen-bond donors (Lipinski definition) is 0. The number of nitro benzene ring substituents is 1. The Balaban J connectivity index is 2.16. The molecule has 0 spiro atoms. The van der Waals surface area contributed by atoms with Gasteiger partial charge in [-0.1, -0.05) is 24.3 Å². The molecule has 138 valence electrons. The molecule has 2 heterocycles. The van der Waals surface area contributed by atoms with Crippen molar-refractivity contribution in [2.45, 2.75) is 13.8 Å². The van der Waals surface area contributed by atoms with Gasteiger partial charge in [-0.25, -0.2) is 4.68 Å². The lowest BCUT2D eigenvalue weighted by atomic mass is 10.1. The van der Waals surface area contributed by atoms with E-state index < -0.39 is 4.92 Å². The molecule has 27 heavy (non-hydrogen) atoms. The van der Waals surface area contributed by atoms with Crippen LogP contribution in [0.5, 0.6) is 0 Å². The molecular formula is C19H18N4O3S. The number of nitro groups is 1. The van der Waals surface area contributed by atoms with E-state index in [2.05, 4.69) is 16.7 Å². The molecule has 0 bridgehead atoms. The lowest BCUT2D eigenvalue weighted by Gasteiger charge is -2.05. The summed E-state index contributed by atoms with van der Waals surface area (Å²) >= 11 is 1.41. The molecule has 0 aliphatic heterocycles. The first-order valence-electron chi connectivity index (χ1n) is 8.15. The van der Waals surface area contributed by atoms with E-state index in [4.69, 9.17) is 4.42 Å². The standard InChI is InChI=1S/C19H18N4O3S/c1-13(2)11-20-19-22(21-14(3)18-8-5-9-26-18)17(12-27-19)15-6-4-7-16(10-15)23(24)25/h4-10,12H,1,11H2,2-3H3. The van der Waals surface area contributed by atoms with Crippen LogP contribution in [0.2, 0.25) is 0 Å². The summed E-state index contributed by atoms with van der Waals surface area (Å²) in [6.45, 7) is 8.09. The number of non-ortho nitro benzene ring substituents is 1. The molecule has 0 unspecified atom stereocenters. The molecular weight excluding hydrogens is 364 g/mol. The smallest absolute Gasteiger partial charge is 0.270 e. The number of hydrogen-bond acceptors (Lipinski definition) is 6. The van der Waals surface area contributed by atoms with Crippen LogP contribution < -0.4 is 4.80 Å². The van der Waals surface area contributed by atoms with Crippen molar-refractivity contribution >= 4 is 22.7 Å². The van der Waals surface area contributed by atoms with Crippen LogP contribution in [-0.4, -0.2) is 21.9 Å². The molecule has 0 radical (unpaired) electrons. The van der Waals surface area contributed by atoms with E-state index in [-0.39, 0.29) is 5.69 Å². The molecule has 0 N–H and O–H groups in total. The lowest BCUT2D eigenvalue weighted by molar-refractivity contribution is -0.384. The third-order valence-electron chi connectivity index (χ3n) is 3.65. The molecule has 0 aliphatic rings. The molecule has 0 amide bonds. The molecule has 0 fully saturated rings. The predicted molar refractivity (Wildman–Crippen MR) is 106 cm³/mol. The third kappa shape index (κ3) is 4.29. The highest BCUT2D eigenvalue weighted by Gasteiger charge is 2.13. The van der Waals surface area contributed by atoms with Gasteiger partial charge in [0.05, 0.1) is 23.4 Å². The maximum Gasteiger partial charge on any atom is 0.270 e. The van der Waals surface area contributed by atoms with Crippen molar-refractivity contribution in [3.63, 3.8) is 0 Å². The Hall–Kier alpha value is -3.26. The fourth-order valence-corrected chi connectivity index (χ4v) is 3.20. The zero-order valence-corrected chi connectivity index (χ0v) is 15.8. The van der Waals surface area contributed by atoms with Crippen LogP contribution in [0, 0.1) is 10.1 Å². The number of thiazole rings is 1. The van der Waals surface area contributed by atoms with Crippen LogP contribution >= 0.6 is 11.3 Å². The zero-order valence-electron chi connectivity index (χ0n) is 15.0. The van der Waals surface area contributed by atoms with Crippen molar-refractivity contribution in [3.05, 3.63) is 80.9 Å². The van der Waals surface area contributed by atoms with Crippen LogP contribution in [0.3, 0.4) is 0 Å². The van der Waals surface area contributed by atoms with E-state index in [0.717, 1.165) is 11.3 Å². The molecule has 8 heteroatoms. The molecule has 3 aromatic rings. The largest absolute Gasteiger partial charge is 0.463 e. The molecule has 2 aromatic heterocycles. The highest BCUT2D eigenvalue weighted by molar-refractivity contribution is 7.07. The van der Waals surface area contributed by atoms with Crippen molar-refractivity contribution in [2.75, 3.05) is 6.54 Å². The molecule has 7 nitrogen and oxygen atoms in total. The number of furan rings is 1. The molecule has 0 aliphatic carbocycles. The number of benzene rings is 1. The Morgan fingerprint density at radius 1 is 1.33 bits per heavy atom. The van der Waals surface area contributed by atoms with Crippen molar-refractivity contribution in [3.8, 4) is 11.3 Å². The first kappa shape index (κ1) is 18.5. The van der Waals surface area contributed by atoms with Crippen molar-refractivity contribution in [1.29, 1.82) is 0 Å². The van der Waals surface area contributed by atoms with Crippen molar-refractivity contribution < 1.29 is 9.34 Å². The molecule has 3 rings (SSSR count). The summed E-state index contributed by atoms with van der Waals surface area (Å²) < 4.78 is 7.09. The Morgan fingerprint density at radius 2 is 2.15 bits per heavy atom. The fraction of sp³-hybridized carbons (Fsp3) is 0.158. The van der Waals surface area contributed by atoms with Crippen molar-refractivity contribution in [1.82, 2.24) is 4.68 Å². The first-order chi connectivity index (χ1) is 13.0. The molecule has 0 saturated heterocycles. The minimum Gasteiger partial charge on any atom is -0.463 e. The van der Waals surface area contributed by atoms with Crippen LogP contribution in [0.1, 0.15) is 19.6 Å². The Labute approximate surface area is 159 Å². The molecule has 1 aromatic carbocycles. The monoisotopic (exact) mass is 382 g/mol. The molecule has 0 saturated carbocycles. The maximum absolute atomic E-state index is 11.1. The number of rotatable bonds is 6. The van der Waals surface area contributed by atoms with Crippen molar-refractivity contribution in [2.24, 2.45) is 10.1 Å². The second-order valence-electron chi connectivity index (χ2n) is 5.96. The van der Waals surface area contributed by atoms with E-state index in [0.29, 0.717) is 28.4 Å². The van der Waals surface area contributed by atoms with Gasteiger partial charge in [0, 0.05) is 23.1 Å². The summed E-state index contributed by atoms with van der Waals surface area (Å²) in [7, 11) is 0. The van der Waals surface area contributed by atoms with Gasteiger partial charge in [0.1, 0.15) is 11.5 Å². The van der Waals surface area contributed by atoms with Gasteiger partial charge in [0.15, 0.2) is 0 Å². The van der Waals surface area contributed by atoms with E-state index in [1.54, 1.807) is 23.1 Å². The van der Waals surface area contributed by atoms with Gasteiger partial charge in [0.2, 0.25) is 4.80 Å². The predicted octanol–water partition coefficient (Wildman–Crippen LogP) is 4.47. The highest BCUT2D eigenvalue weighted by atomic mass is 32.1. The van der Waals surface area contributed by atoms with E-state index in [1.807, 2.05) is 31.4 Å². The number of nitrogens with zero attached hydrogens (tertiary/aromatic N) is 4. The quantitative estimate of drug-likeness (QED) is 0.273. The Morgan fingerprint density at radius 3 is 2.81 bits per heavy atom. The van der Waals surface area contributed by atoms with Crippen LogP contribution in [0.25, 0.3) is 11.3 Å². The minimum absolute atomic E-state index is 0.0254. The summed E-state index contributed by atoms with van der Waals surface area (Å²) in [6, 6.07) is 10.1. The van der Waals surface area contributed by atoms with Crippen LogP contribution in [-0.2, 0) is 0 Å². The van der Waals surface area contributed by atoms with Gasteiger partial charge >= 0.3 is 0 Å². The highest BCUT2D eigenvalue weighted by Crippen LogP contribution is 2.24. The Bertz CT molecular complexity index is 1070. The van der Waals surface area contributed by atoms with Crippen LogP contribution in [0.4, 0.5) is 5.69 Å². The topological polar surface area (TPSA) is 85.9 Å². The normalized spacial score (nSPS) is 12.4. The summed E-state index contributed by atoms with van der Waals surface area (Å²) in [5.41, 5.74) is 3.03. The minimum atomic E-state index is -0.413. The second kappa shape index (κ2) is 7.96. The molecule has 0 atom stereocenters. The lowest BCUT2D eigenvalue weighted by Crippen LogP contribution is -2.14. The summed E-state index contributed by atoms with van der Waals surface area (Å²) in [5, 5.41) is 17.6. The van der Waals surface area contributed by atoms with Gasteiger partial charge in [-0.2, -0.15) is 5.10 Å². The van der Waals surface area contributed by atoms with Gasteiger partial charge < -0.3 is 4.42 Å². The Kier molecular flexibility index (Phi) is 5.46. The van der Waals surface area contributed by atoms with Gasteiger partial charge in [0.25, 0.3) is 5.69 Å². The number of aromatic nitrogens is 1.